The van der Waals surface area contributed by atoms with Crippen molar-refractivity contribution in [3.63, 3.8) is 0 Å². The first-order valence-corrected chi connectivity index (χ1v) is 5.66. The Hall–Kier alpha value is -0.0300. The number of rotatable bonds is 3. The fraction of sp³-hybridized carbons (Fsp3) is 0.571. The second kappa shape index (κ2) is 5.34. The van der Waals surface area contributed by atoms with Gasteiger partial charge in [-0.3, -0.25) is 0 Å². The Labute approximate surface area is 108 Å². The van der Waals surface area contributed by atoms with E-state index in [1.807, 2.05) is 0 Å². The maximum atomic E-state index is 5.66. The first kappa shape index (κ1) is 13.0. The Balaban J connectivity index is 3.20. The van der Waals surface area contributed by atoms with Crippen molar-refractivity contribution >= 4 is 52.4 Å². The molecule has 15 heavy (non-hydrogen) atoms. The maximum absolute atomic E-state index is 5.66. The number of nitrogens with zero attached hydrogens (tertiary/aromatic N) is 4. The van der Waals surface area contributed by atoms with Crippen molar-refractivity contribution in [3.05, 3.63) is 11.6 Å². The third-order valence-electron chi connectivity index (χ3n) is 1.45. The first-order valence-electron chi connectivity index (χ1n) is 3.91. The van der Waals surface area contributed by atoms with Crippen LogP contribution in [-0.4, -0.2) is 29.0 Å². The van der Waals surface area contributed by atoms with Crippen molar-refractivity contribution in [2.75, 3.05) is 19.0 Å². The molecule has 8 heteroatoms. The summed E-state index contributed by atoms with van der Waals surface area (Å²) in [5.41, 5.74) is 0. The summed E-state index contributed by atoms with van der Waals surface area (Å²) < 4.78 is 0. The summed E-state index contributed by atoms with van der Waals surface area (Å²) in [4.78, 5) is 12.0. The van der Waals surface area contributed by atoms with Crippen LogP contribution in [0.1, 0.15) is 21.3 Å². The van der Waals surface area contributed by atoms with Crippen LogP contribution in [0, 0.1) is 0 Å². The molecule has 1 aromatic rings. The standard InChI is InChI=1S/C7H8Cl4N4/c1-15(2)7-13-5(3(8)9)12-6(14-7)4(10)11/h3-4H,1-2H3. The van der Waals surface area contributed by atoms with Crippen LogP contribution in [0.15, 0.2) is 0 Å². The number of alkyl halides is 4. The monoisotopic (exact) mass is 288 g/mol. The van der Waals surface area contributed by atoms with Gasteiger partial charge in [-0.1, -0.05) is 46.4 Å². The Kier molecular flexibility index (Phi) is 4.64. The Morgan fingerprint density at radius 2 is 1.27 bits per heavy atom. The van der Waals surface area contributed by atoms with Gasteiger partial charge in [0, 0.05) is 14.1 Å². The average Bonchev–Trinajstić information content (AvgIpc) is 2.16. The Morgan fingerprint density at radius 1 is 0.867 bits per heavy atom. The van der Waals surface area contributed by atoms with Gasteiger partial charge >= 0.3 is 0 Å². The molecule has 0 radical (unpaired) electrons. The van der Waals surface area contributed by atoms with E-state index in [1.165, 1.54) is 0 Å². The fourth-order valence-corrected chi connectivity index (χ4v) is 1.18. The van der Waals surface area contributed by atoms with Gasteiger partial charge in [-0.15, -0.1) is 0 Å². The minimum atomic E-state index is -0.836. The van der Waals surface area contributed by atoms with Crippen LogP contribution in [0.4, 0.5) is 5.95 Å². The van der Waals surface area contributed by atoms with E-state index < -0.39 is 9.67 Å². The molecule has 0 unspecified atom stereocenters. The molecule has 0 N–H and O–H groups in total. The summed E-state index contributed by atoms with van der Waals surface area (Å²) in [5.74, 6) is 0.879. The zero-order chi connectivity index (χ0) is 11.6. The molecular formula is C7H8Cl4N4. The highest BCUT2D eigenvalue weighted by atomic mass is 35.5. The quantitative estimate of drug-likeness (QED) is 0.803. The molecular weight excluding hydrogens is 282 g/mol. The molecule has 1 aromatic heterocycles. The van der Waals surface area contributed by atoms with Gasteiger partial charge in [0.15, 0.2) is 21.3 Å². The lowest BCUT2D eigenvalue weighted by atomic mass is 10.6. The number of halogens is 4. The van der Waals surface area contributed by atoms with Gasteiger partial charge in [0.25, 0.3) is 0 Å². The number of hydrogen-bond donors (Lipinski definition) is 0. The summed E-state index contributed by atoms with van der Waals surface area (Å²) in [7, 11) is 3.55. The zero-order valence-corrected chi connectivity index (χ0v) is 11.0. The van der Waals surface area contributed by atoms with Crippen LogP contribution in [0.2, 0.25) is 0 Å². The summed E-state index contributed by atoms with van der Waals surface area (Å²) in [6.45, 7) is 0. The van der Waals surface area contributed by atoms with Crippen molar-refractivity contribution in [3.8, 4) is 0 Å². The van der Waals surface area contributed by atoms with Crippen molar-refractivity contribution in [2.45, 2.75) is 9.67 Å². The summed E-state index contributed by atoms with van der Waals surface area (Å²) in [6.07, 6.45) is 0. The average molecular weight is 290 g/mol. The van der Waals surface area contributed by atoms with Crippen LogP contribution in [-0.2, 0) is 0 Å². The van der Waals surface area contributed by atoms with Gasteiger partial charge in [0.05, 0.1) is 0 Å². The molecule has 0 fully saturated rings. The number of hydrogen-bond acceptors (Lipinski definition) is 4. The highest BCUT2D eigenvalue weighted by Crippen LogP contribution is 2.26. The molecule has 0 atom stereocenters. The topological polar surface area (TPSA) is 41.9 Å². The zero-order valence-electron chi connectivity index (χ0n) is 7.96. The van der Waals surface area contributed by atoms with Crippen molar-refractivity contribution in [1.29, 1.82) is 0 Å². The van der Waals surface area contributed by atoms with Gasteiger partial charge < -0.3 is 4.90 Å². The van der Waals surface area contributed by atoms with E-state index in [1.54, 1.807) is 19.0 Å². The molecule has 0 aromatic carbocycles. The lowest BCUT2D eigenvalue weighted by Gasteiger charge is -2.13. The minimum Gasteiger partial charge on any atom is -0.347 e. The van der Waals surface area contributed by atoms with Crippen molar-refractivity contribution < 1.29 is 0 Å². The molecule has 4 nitrogen and oxygen atoms in total. The van der Waals surface area contributed by atoms with Gasteiger partial charge in [-0.2, -0.15) is 9.97 Å². The van der Waals surface area contributed by atoms with Gasteiger partial charge in [0.1, 0.15) is 0 Å². The summed E-state index contributed by atoms with van der Waals surface area (Å²) in [6, 6.07) is 0. The van der Waals surface area contributed by atoms with Gasteiger partial charge in [0.2, 0.25) is 5.95 Å². The molecule has 0 aliphatic rings. The third kappa shape index (κ3) is 3.48. The second-order valence-electron chi connectivity index (χ2n) is 2.85. The molecule has 0 bridgehead atoms. The predicted molar refractivity (Wildman–Crippen MR) is 63.0 cm³/mol. The van der Waals surface area contributed by atoms with Crippen molar-refractivity contribution in [2.24, 2.45) is 0 Å². The number of anilines is 1. The van der Waals surface area contributed by atoms with Gasteiger partial charge in [-0.25, -0.2) is 4.98 Å². The smallest absolute Gasteiger partial charge is 0.228 e. The summed E-state index contributed by atoms with van der Waals surface area (Å²) in [5, 5.41) is 0. The lowest BCUT2D eigenvalue weighted by Crippen LogP contribution is -2.16. The van der Waals surface area contributed by atoms with Crippen LogP contribution < -0.4 is 4.90 Å². The van der Waals surface area contributed by atoms with E-state index in [2.05, 4.69) is 15.0 Å². The molecule has 0 saturated carbocycles. The maximum Gasteiger partial charge on any atom is 0.228 e. The first-order chi connectivity index (χ1) is 6.91. The van der Waals surface area contributed by atoms with E-state index in [4.69, 9.17) is 46.4 Å². The molecule has 1 rings (SSSR count). The van der Waals surface area contributed by atoms with E-state index in [-0.39, 0.29) is 11.6 Å². The predicted octanol–water partition coefficient (Wildman–Crippen LogP) is 2.89. The van der Waals surface area contributed by atoms with Crippen molar-refractivity contribution in [1.82, 2.24) is 15.0 Å². The molecule has 1 heterocycles. The molecule has 0 saturated heterocycles. The number of aromatic nitrogens is 3. The molecule has 0 aliphatic heterocycles. The van der Waals surface area contributed by atoms with E-state index in [9.17, 15) is 0 Å². The van der Waals surface area contributed by atoms with Crippen LogP contribution in [0.3, 0.4) is 0 Å². The third-order valence-corrected chi connectivity index (χ3v) is 2.23. The van der Waals surface area contributed by atoms with E-state index in [0.717, 1.165) is 0 Å². The molecule has 0 spiro atoms. The summed E-state index contributed by atoms with van der Waals surface area (Å²) >= 11 is 22.7. The normalized spacial score (nSPS) is 11.2. The molecule has 0 amide bonds. The fourth-order valence-electron chi connectivity index (χ4n) is 0.792. The Bertz CT molecular complexity index is 277. The second-order valence-corrected chi connectivity index (χ2v) is 5.04. The highest BCUT2D eigenvalue weighted by molar-refractivity contribution is 6.44. The molecule has 84 valence electrons. The lowest BCUT2D eigenvalue weighted by molar-refractivity contribution is 0.852. The molecule has 0 aliphatic carbocycles. The largest absolute Gasteiger partial charge is 0.347 e. The van der Waals surface area contributed by atoms with Gasteiger partial charge in [-0.05, 0) is 0 Å². The van der Waals surface area contributed by atoms with Crippen LogP contribution in [0.25, 0.3) is 0 Å². The van der Waals surface area contributed by atoms with E-state index in [0.29, 0.717) is 5.95 Å². The minimum absolute atomic E-state index is 0.235. The Morgan fingerprint density at radius 3 is 1.53 bits per heavy atom. The highest BCUT2D eigenvalue weighted by Gasteiger charge is 2.16. The SMILES string of the molecule is CN(C)c1nc(C(Cl)Cl)nc(C(Cl)Cl)n1. The van der Waals surface area contributed by atoms with Crippen LogP contribution in [0.5, 0.6) is 0 Å². The van der Waals surface area contributed by atoms with E-state index >= 15 is 0 Å². The van der Waals surface area contributed by atoms with Crippen LogP contribution >= 0.6 is 46.4 Å².